The summed E-state index contributed by atoms with van der Waals surface area (Å²) in [5.41, 5.74) is 0.578. The van der Waals surface area contributed by atoms with Gasteiger partial charge in [-0.15, -0.1) is 0 Å². The maximum atomic E-state index is 12.7. The molecule has 0 unspecified atom stereocenters. The van der Waals surface area contributed by atoms with Crippen LogP contribution in [-0.4, -0.2) is 70.9 Å². The number of carboxylic acids is 1. The average Bonchev–Trinajstić information content (AvgIpc) is 2.93. The molecule has 2 aromatic rings. The number of benzene rings is 1. The van der Waals surface area contributed by atoms with Crippen LogP contribution in [0.5, 0.6) is 0 Å². The molecule has 0 bridgehead atoms. The molecule has 10 heteroatoms. The summed E-state index contributed by atoms with van der Waals surface area (Å²) in [6.45, 7) is 2.75. The van der Waals surface area contributed by atoms with Crippen molar-refractivity contribution in [1.29, 1.82) is 0 Å². The topological polar surface area (TPSA) is 127 Å². The zero-order valence-corrected chi connectivity index (χ0v) is 13.8. The van der Waals surface area contributed by atoms with Gasteiger partial charge in [0.15, 0.2) is 0 Å². The highest BCUT2D eigenvalue weighted by Crippen LogP contribution is 2.21. The van der Waals surface area contributed by atoms with Crippen LogP contribution in [0.15, 0.2) is 27.9 Å². The number of nitrogens with one attached hydrogen (secondary N) is 2. The molecule has 3 rings (SSSR count). The second kappa shape index (κ2) is 6.04. The van der Waals surface area contributed by atoms with Crippen LogP contribution in [0, 0.1) is 0 Å². The lowest BCUT2D eigenvalue weighted by Crippen LogP contribution is -2.53. The highest BCUT2D eigenvalue weighted by Gasteiger charge is 2.31. The van der Waals surface area contributed by atoms with Crippen molar-refractivity contribution >= 4 is 27.0 Å². The fraction of sp³-hybridized carbons (Fsp3) is 0.429. The number of hydrogen-bond acceptors (Lipinski definition) is 5. The zero-order valence-electron chi connectivity index (χ0n) is 13.0. The van der Waals surface area contributed by atoms with Crippen LogP contribution in [0.2, 0.25) is 0 Å². The van der Waals surface area contributed by atoms with E-state index < -0.39 is 27.7 Å². The molecule has 1 atom stereocenters. The van der Waals surface area contributed by atoms with Gasteiger partial charge in [-0.2, -0.15) is 4.31 Å². The van der Waals surface area contributed by atoms with E-state index in [1.54, 1.807) is 17.9 Å². The Morgan fingerprint density at radius 2 is 1.79 bits per heavy atom. The predicted octanol–water partition coefficient (Wildman–Crippen LogP) is -0.364. The minimum atomic E-state index is -3.69. The third-order valence-corrected chi connectivity index (χ3v) is 6.20. The number of piperazine rings is 1. The Balaban J connectivity index is 1.80. The first-order valence-electron chi connectivity index (χ1n) is 7.48. The van der Waals surface area contributed by atoms with Gasteiger partial charge in [0.1, 0.15) is 6.04 Å². The number of aliphatic carboxylic acids is 1. The van der Waals surface area contributed by atoms with Gasteiger partial charge in [0, 0.05) is 26.2 Å². The molecule has 0 radical (unpaired) electrons. The molecule has 24 heavy (non-hydrogen) atoms. The number of aromatic nitrogens is 2. The second-order valence-corrected chi connectivity index (χ2v) is 7.68. The van der Waals surface area contributed by atoms with Crippen LogP contribution in [0.3, 0.4) is 0 Å². The van der Waals surface area contributed by atoms with Crippen LogP contribution >= 0.6 is 0 Å². The van der Waals surface area contributed by atoms with Gasteiger partial charge < -0.3 is 15.1 Å². The number of hydrogen-bond donors (Lipinski definition) is 3. The molecular formula is C14H18N4O5S. The van der Waals surface area contributed by atoms with Crippen molar-refractivity contribution in [2.24, 2.45) is 0 Å². The quantitative estimate of drug-likeness (QED) is 0.688. The van der Waals surface area contributed by atoms with Crippen molar-refractivity contribution < 1.29 is 18.3 Å². The maximum Gasteiger partial charge on any atom is 0.323 e. The molecule has 0 aliphatic carbocycles. The van der Waals surface area contributed by atoms with Gasteiger partial charge in [-0.3, -0.25) is 9.69 Å². The van der Waals surface area contributed by atoms with E-state index in [4.69, 9.17) is 5.11 Å². The summed E-state index contributed by atoms with van der Waals surface area (Å²) in [5, 5.41) is 9.04. The van der Waals surface area contributed by atoms with Crippen molar-refractivity contribution in [2.45, 2.75) is 17.9 Å². The van der Waals surface area contributed by atoms with Gasteiger partial charge in [-0.05, 0) is 25.1 Å². The number of nitrogens with zero attached hydrogens (tertiary/aromatic N) is 2. The molecule has 1 aliphatic heterocycles. The Hall–Kier alpha value is -2.17. The molecular weight excluding hydrogens is 336 g/mol. The van der Waals surface area contributed by atoms with E-state index in [0.717, 1.165) is 0 Å². The molecule has 130 valence electrons. The van der Waals surface area contributed by atoms with Crippen LogP contribution in [-0.2, 0) is 14.8 Å². The summed E-state index contributed by atoms with van der Waals surface area (Å²) in [5.74, 6) is -0.923. The van der Waals surface area contributed by atoms with E-state index in [2.05, 4.69) is 9.97 Å². The smallest absolute Gasteiger partial charge is 0.323 e. The Bertz CT molecular complexity index is 924. The van der Waals surface area contributed by atoms with Crippen LogP contribution in [0.4, 0.5) is 0 Å². The van der Waals surface area contributed by atoms with E-state index in [9.17, 15) is 18.0 Å². The number of aromatic amines is 2. The first kappa shape index (κ1) is 16.7. The number of sulfonamides is 1. The Labute approximate surface area is 137 Å². The predicted molar refractivity (Wildman–Crippen MR) is 86.3 cm³/mol. The summed E-state index contributed by atoms with van der Waals surface area (Å²) < 4.78 is 26.8. The highest BCUT2D eigenvalue weighted by atomic mass is 32.2. The van der Waals surface area contributed by atoms with E-state index in [0.29, 0.717) is 24.1 Å². The molecule has 1 aromatic carbocycles. The van der Waals surface area contributed by atoms with Crippen molar-refractivity contribution in [2.75, 3.05) is 26.2 Å². The summed E-state index contributed by atoms with van der Waals surface area (Å²) in [7, 11) is -3.69. The van der Waals surface area contributed by atoms with Gasteiger partial charge in [-0.1, -0.05) is 0 Å². The van der Waals surface area contributed by atoms with Gasteiger partial charge in [0.2, 0.25) is 10.0 Å². The Morgan fingerprint density at radius 1 is 1.17 bits per heavy atom. The van der Waals surface area contributed by atoms with Gasteiger partial charge in [0.05, 0.1) is 15.9 Å². The third-order valence-electron chi connectivity index (χ3n) is 4.30. The first-order valence-corrected chi connectivity index (χ1v) is 8.92. The lowest BCUT2D eigenvalue weighted by molar-refractivity contribution is -0.143. The second-order valence-electron chi connectivity index (χ2n) is 5.74. The fourth-order valence-corrected chi connectivity index (χ4v) is 4.26. The van der Waals surface area contributed by atoms with E-state index in [1.807, 2.05) is 0 Å². The number of carboxylic acid groups (broad SMARTS) is 1. The first-order chi connectivity index (χ1) is 11.3. The molecule has 0 amide bonds. The largest absolute Gasteiger partial charge is 0.480 e. The molecule has 1 aliphatic rings. The third kappa shape index (κ3) is 2.95. The lowest BCUT2D eigenvalue weighted by Gasteiger charge is -2.35. The Kier molecular flexibility index (Phi) is 4.20. The normalized spacial score (nSPS) is 18.7. The summed E-state index contributed by atoms with van der Waals surface area (Å²) >= 11 is 0. The number of imidazole rings is 1. The van der Waals surface area contributed by atoms with Gasteiger partial charge in [-0.25, -0.2) is 13.2 Å². The van der Waals surface area contributed by atoms with Crippen LogP contribution < -0.4 is 5.69 Å². The van der Waals surface area contributed by atoms with Crippen LogP contribution in [0.1, 0.15) is 6.92 Å². The van der Waals surface area contributed by atoms with E-state index in [-0.39, 0.29) is 18.0 Å². The van der Waals surface area contributed by atoms with Crippen LogP contribution in [0.25, 0.3) is 11.0 Å². The molecule has 9 nitrogen and oxygen atoms in total. The molecule has 2 heterocycles. The lowest BCUT2D eigenvalue weighted by atomic mass is 10.2. The monoisotopic (exact) mass is 354 g/mol. The summed E-state index contributed by atoms with van der Waals surface area (Å²) in [6, 6.07) is 3.78. The molecule has 1 fully saturated rings. The molecule has 1 aromatic heterocycles. The van der Waals surface area contributed by atoms with Crippen molar-refractivity contribution in [3.63, 3.8) is 0 Å². The minimum absolute atomic E-state index is 0.102. The van der Waals surface area contributed by atoms with Crippen molar-refractivity contribution in [3.05, 3.63) is 28.7 Å². The SMILES string of the molecule is C[C@@H](C(=O)O)N1CCN(S(=O)(=O)c2ccc3[nH]c(=O)[nH]c3c2)CC1. The van der Waals surface area contributed by atoms with E-state index >= 15 is 0 Å². The average molecular weight is 354 g/mol. The van der Waals surface area contributed by atoms with E-state index in [1.165, 1.54) is 16.4 Å². The number of carbonyl (C=O) groups is 1. The molecule has 3 N–H and O–H groups in total. The minimum Gasteiger partial charge on any atom is -0.480 e. The molecule has 0 saturated carbocycles. The fourth-order valence-electron chi connectivity index (χ4n) is 2.81. The number of fused-ring (bicyclic) bond motifs is 1. The molecule has 0 spiro atoms. The summed E-state index contributed by atoms with van der Waals surface area (Å²) in [6.07, 6.45) is 0. The Morgan fingerprint density at radius 3 is 2.42 bits per heavy atom. The maximum absolute atomic E-state index is 12.7. The summed E-state index contributed by atoms with van der Waals surface area (Å²) in [4.78, 5) is 29.2. The highest BCUT2D eigenvalue weighted by molar-refractivity contribution is 7.89. The molecule has 1 saturated heterocycles. The van der Waals surface area contributed by atoms with Crippen molar-refractivity contribution in [1.82, 2.24) is 19.2 Å². The standard InChI is InChI=1S/C14H18N4O5S/c1-9(13(19)20)17-4-6-18(7-5-17)24(22,23)10-2-3-11-12(8-10)16-14(21)15-11/h2-3,8-9H,4-7H2,1H3,(H,19,20)(H2,15,16,21)/t9-/m0/s1. The van der Waals surface area contributed by atoms with Gasteiger partial charge >= 0.3 is 11.7 Å². The number of H-pyrrole nitrogens is 2. The van der Waals surface area contributed by atoms with Gasteiger partial charge in [0.25, 0.3) is 0 Å². The number of rotatable bonds is 4. The zero-order chi connectivity index (χ0) is 17.5. The van der Waals surface area contributed by atoms with Crippen molar-refractivity contribution in [3.8, 4) is 0 Å².